The fraction of sp³-hybridized carbons (Fsp3) is 0.316. The van der Waals surface area contributed by atoms with Crippen molar-refractivity contribution in [2.45, 2.75) is 31.2 Å². The second-order valence-corrected chi connectivity index (χ2v) is 6.92. The number of aliphatic hydroxyl groups is 1. The molecular formula is C19H23NO2S. The van der Waals surface area contributed by atoms with Gasteiger partial charge in [0.25, 0.3) is 0 Å². The standard InChI is InChI=1S/C19H23NO2S/c1-14(16-9-5-3-6-10-16)20-19(22)15(2)23-13-18(21)17-11-7-4-8-12-17/h3-12,14-15,18,21H,13H2,1-2H3,(H,20,22). The molecular weight excluding hydrogens is 306 g/mol. The Kier molecular flexibility index (Phi) is 6.68. The normalized spacial score (nSPS) is 14.7. The number of carbonyl (C=O) groups is 1. The molecule has 0 aliphatic heterocycles. The lowest BCUT2D eigenvalue weighted by atomic mass is 10.1. The molecule has 2 rings (SSSR count). The highest BCUT2D eigenvalue weighted by Gasteiger charge is 2.18. The van der Waals surface area contributed by atoms with E-state index in [2.05, 4.69) is 5.32 Å². The van der Waals surface area contributed by atoms with Crippen LogP contribution in [0.1, 0.15) is 37.1 Å². The fourth-order valence-corrected chi connectivity index (χ4v) is 3.12. The molecule has 23 heavy (non-hydrogen) atoms. The highest BCUT2D eigenvalue weighted by molar-refractivity contribution is 8.00. The Morgan fingerprint density at radius 2 is 1.52 bits per heavy atom. The number of nitrogens with one attached hydrogen (secondary N) is 1. The Morgan fingerprint density at radius 3 is 2.09 bits per heavy atom. The Labute approximate surface area is 142 Å². The van der Waals surface area contributed by atoms with E-state index in [1.807, 2.05) is 74.5 Å². The summed E-state index contributed by atoms with van der Waals surface area (Å²) in [5.74, 6) is 0.491. The second-order valence-electron chi connectivity index (χ2n) is 5.54. The lowest BCUT2D eigenvalue weighted by molar-refractivity contribution is -0.120. The maximum atomic E-state index is 12.3. The topological polar surface area (TPSA) is 49.3 Å². The minimum absolute atomic E-state index is 0.00776. The lowest BCUT2D eigenvalue weighted by Gasteiger charge is -2.19. The smallest absolute Gasteiger partial charge is 0.233 e. The number of rotatable bonds is 7. The van der Waals surface area contributed by atoms with E-state index in [1.165, 1.54) is 11.8 Å². The number of amides is 1. The molecule has 0 spiro atoms. The van der Waals surface area contributed by atoms with E-state index in [-0.39, 0.29) is 17.2 Å². The SMILES string of the molecule is CC(SCC(O)c1ccccc1)C(=O)NC(C)c1ccccc1. The third-order valence-electron chi connectivity index (χ3n) is 3.72. The van der Waals surface area contributed by atoms with Crippen molar-refractivity contribution >= 4 is 17.7 Å². The molecule has 0 heterocycles. The van der Waals surface area contributed by atoms with Gasteiger partial charge in [0, 0.05) is 5.75 Å². The van der Waals surface area contributed by atoms with Gasteiger partial charge in [-0.1, -0.05) is 60.7 Å². The van der Waals surface area contributed by atoms with Crippen LogP contribution in [0.2, 0.25) is 0 Å². The average Bonchev–Trinajstić information content (AvgIpc) is 2.60. The zero-order chi connectivity index (χ0) is 16.7. The molecule has 2 N–H and O–H groups in total. The number of hydrogen-bond acceptors (Lipinski definition) is 3. The van der Waals surface area contributed by atoms with Crippen molar-refractivity contribution in [1.82, 2.24) is 5.32 Å². The molecule has 0 saturated heterocycles. The summed E-state index contributed by atoms with van der Waals surface area (Å²) in [6.45, 7) is 3.85. The van der Waals surface area contributed by atoms with Crippen molar-refractivity contribution in [2.24, 2.45) is 0 Å². The van der Waals surface area contributed by atoms with Gasteiger partial charge in [0.05, 0.1) is 17.4 Å². The van der Waals surface area contributed by atoms with Crippen molar-refractivity contribution in [2.75, 3.05) is 5.75 Å². The third-order valence-corrected chi connectivity index (χ3v) is 4.94. The number of benzene rings is 2. The van der Waals surface area contributed by atoms with Crippen molar-refractivity contribution in [3.8, 4) is 0 Å². The minimum atomic E-state index is -0.553. The molecule has 0 aliphatic carbocycles. The van der Waals surface area contributed by atoms with E-state index in [9.17, 15) is 9.90 Å². The Balaban J connectivity index is 1.81. The van der Waals surface area contributed by atoms with E-state index in [0.29, 0.717) is 5.75 Å². The van der Waals surface area contributed by atoms with Gasteiger partial charge in [-0.3, -0.25) is 4.79 Å². The summed E-state index contributed by atoms with van der Waals surface area (Å²) in [5, 5.41) is 13.0. The highest BCUT2D eigenvalue weighted by Crippen LogP contribution is 2.22. The quantitative estimate of drug-likeness (QED) is 0.814. The van der Waals surface area contributed by atoms with Crippen LogP contribution < -0.4 is 5.32 Å². The Hall–Kier alpha value is -1.78. The molecule has 2 aromatic carbocycles. The zero-order valence-electron chi connectivity index (χ0n) is 13.5. The largest absolute Gasteiger partial charge is 0.388 e. The first-order valence-electron chi connectivity index (χ1n) is 7.78. The number of aliphatic hydroxyl groups excluding tert-OH is 1. The number of thioether (sulfide) groups is 1. The lowest BCUT2D eigenvalue weighted by Crippen LogP contribution is -2.33. The minimum Gasteiger partial charge on any atom is -0.388 e. The van der Waals surface area contributed by atoms with Crippen molar-refractivity contribution < 1.29 is 9.90 Å². The van der Waals surface area contributed by atoms with E-state index < -0.39 is 6.10 Å². The van der Waals surface area contributed by atoms with Gasteiger partial charge < -0.3 is 10.4 Å². The summed E-state index contributed by atoms with van der Waals surface area (Å²) < 4.78 is 0. The van der Waals surface area contributed by atoms with Crippen LogP contribution in [0.5, 0.6) is 0 Å². The van der Waals surface area contributed by atoms with Crippen LogP contribution in [-0.4, -0.2) is 22.0 Å². The van der Waals surface area contributed by atoms with Crippen molar-refractivity contribution in [1.29, 1.82) is 0 Å². The monoisotopic (exact) mass is 329 g/mol. The summed E-state index contributed by atoms with van der Waals surface area (Å²) in [7, 11) is 0. The van der Waals surface area contributed by atoms with Crippen molar-refractivity contribution in [3.05, 3.63) is 71.8 Å². The van der Waals surface area contributed by atoms with Crippen LogP contribution in [0.15, 0.2) is 60.7 Å². The summed E-state index contributed by atoms with van der Waals surface area (Å²) in [5.41, 5.74) is 1.97. The molecule has 3 nitrogen and oxygen atoms in total. The maximum Gasteiger partial charge on any atom is 0.233 e. The predicted octanol–water partition coefficient (Wildman–Crippen LogP) is 3.72. The number of hydrogen-bond donors (Lipinski definition) is 2. The fourth-order valence-electron chi connectivity index (χ4n) is 2.24. The zero-order valence-corrected chi connectivity index (χ0v) is 14.3. The molecule has 2 aromatic rings. The molecule has 4 heteroatoms. The summed E-state index contributed by atoms with van der Waals surface area (Å²) >= 11 is 1.46. The average molecular weight is 329 g/mol. The van der Waals surface area contributed by atoms with E-state index >= 15 is 0 Å². The van der Waals surface area contributed by atoms with Gasteiger partial charge >= 0.3 is 0 Å². The van der Waals surface area contributed by atoms with Gasteiger partial charge in [0.1, 0.15) is 0 Å². The summed E-state index contributed by atoms with van der Waals surface area (Å²) in [4.78, 5) is 12.3. The molecule has 0 saturated carbocycles. The van der Waals surface area contributed by atoms with Crippen LogP contribution >= 0.6 is 11.8 Å². The molecule has 0 aromatic heterocycles. The van der Waals surface area contributed by atoms with Gasteiger partial charge in [0.2, 0.25) is 5.91 Å². The first-order valence-corrected chi connectivity index (χ1v) is 8.82. The predicted molar refractivity (Wildman–Crippen MR) is 96.3 cm³/mol. The van der Waals surface area contributed by atoms with Gasteiger partial charge in [-0.05, 0) is 25.0 Å². The van der Waals surface area contributed by atoms with Crippen LogP contribution in [0.25, 0.3) is 0 Å². The first-order chi connectivity index (χ1) is 11.1. The molecule has 122 valence electrons. The van der Waals surface area contributed by atoms with Gasteiger partial charge in [-0.25, -0.2) is 0 Å². The van der Waals surface area contributed by atoms with Crippen LogP contribution in [0, 0.1) is 0 Å². The molecule has 0 aliphatic rings. The van der Waals surface area contributed by atoms with E-state index in [4.69, 9.17) is 0 Å². The van der Waals surface area contributed by atoms with Gasteiger partial charge in [0.15, 0.2) is 0 Å². The Morgan fingerprint density at radius 1 is 1.00 bits per heavy atom. The van der Waals surface area contributed by atoms with Crippen LogP contribution in [-0.2, 0) is 4.79 Å². The molecule has 3 unspecified atom stereocenters. The molecule has 1 amide bonds. The third kappa shape index (κ3) is 5.41. The second kappa shape index (κ2) is 8.75. The summed E-state index contributed by atoms with van der Waals surface area (Å²) in [6, 6.07) is 19.4. The van der Waals surface area contributed by atoms with E-state index in [1.54, 1.807) is 0 Å². The van der Waals surface area contributed by atoms with Crippen LogP contribution in [0.4, 0.5) is 0 Å². The molecule has 0 bridgehead atoms. The highest BCUT2D eigenvalue weighted by atomic mass is 32.2. The maximum absolute atomic E-state index is 12.3. The van der Waals surface area contributed by atoms with Crippen LogP contribution in [0.3, 0.4) is 0 Å². The van der Waals surface area contributed by atoms with Crippen molar-refractivity contribution in [3.63, 3.8) is 0 Å². The molecule has 0 radical (unpaired) electrons. The molecule has 3 atom stereocenters. The van der Waals surface area contributed by atoms with Gasteiger partial charge in [-0.15, -0.1) is 11.8 Å². The summed E-state index contributed by atoms with van der Waals surface area (Å²) in [6.07, 6.45) is -0.553. The Bertz CT molecular complexity index is 603. The van der Waals surface area contributed by atoms with Gasteiger partial charge in [-0.2, -0.15) is 0 Å². The van der Waals surface area contributed by atoms with E-state index in [0.717, 1.165) is 11.1 Å². The molecule has 0 fully saturated rings. The number of carbonyl (C=O) groups excluding carboxylic acids is 1. The first kappa shape index (κ1) is 17.6.